The molecule has 0 heterocycles. The summed E-state index contributed by atoms with van der Waals surface area (Å²) in [5.74, 6) is 0.389. The molecule has 0 radical (unpaired) electrons. The molecule has 0 spiro atoms. The summed E-state index contributed by atoms with van der Waals surface area (Å²) in [5, 5.41) is 0. The second-order valence-electron chi connectivity index (χ2n) is 5.61. The molecule has 1 heteroatoms. The van der Waals surface area contributed by atoms with Crippen molar-refractivity contribution in [1.82, 2.24) is 0 Å². The third-order valence-corrected chi connectivity index (χ3v) is 4.42. The van der Waals surface area contributed by atoms with E-state index in [-0.39, 0.29) is 5.41 Å². The summed E-state index contributed by atoms with van der Waals surface area (Å²) in [6, 6.07) is 8.69. The van der Waals surface area contributed by atoms with E-state index in [9.17, 15) is 4.79 Å². The Hall–Kier alpha value is -1.37. The Balaban J connectivity index is 2.08. The lowest BCUT2D eigenvalue weighted by Gasteiger charge is -2.27. The van der Waals surface area contributed by atoms with Crippen LogP contribution in [0, 0.1) is 6.92 Å². The van der Waals surface area contributed by atoms with Crippen molar-refractivity contribution in [2.75, 3.05) is 0 Å². The van der Waals surface area contributed by atoms with E-state index in [2.05, 4.69) is 38.1 Å². The quantitative estimate of drug-likeness (QED) is 0.713. The van der Waals surface area contributed by atoms with Crippen LogP contribution >= 0.6 is 0 Å². The molecular formula is C16H18O. The van der Waals surface area contributed by atoms with E-state index in [4.69, 9.17) is 0 Å². The van der Waals surface area contributed by atoms with Crippen LogP contribution in [0.2, 0.25) is 0 Å². The Morgan fingerprint density at radius 2 is 1.82 bits per heavy atom. The maximum absolute atomic E-state index is 12.1. The first-order chi connectivity index (χ1) is 8.11. The van der Waals surface area contributed by atoms with E-state index in [1.54, 1.807) is 0 Å². The monoisotopic (exact) mass is 226 g/mol. The number of hydrogen-bond acceptors (Lipinski definition) is 1. The number of ketones is 1. The molecule has 0 aliphatic heterocycles. The van der Waals surface area contributed by atoms with Crippen molar-refractivity contribution in [3.8, 4) is 0 Å². The Morgan fingerprint density at radius 1 is 1.12 bits per heavy atom. The molecular weight excluding hydrogens is 208 g/mol. The van der Waals surface area contributed by atoms with Crippen molar-refractivity contribution in [3.63, 3.8) is 0 Å². The SMILES string of the molecule is Cc1ccc(C2(C)CC(=O)C3=C2CCC3)cc1. The Labute approximate surface area is 103 Å². The number of carbonyl (C=O) groups is 1. The number of rotatable bonds is 1. The molecule has 1 aromatic rings. The molecule has 1 aromatic carbocycles. The third kappa shape index (κ3) is 1.49. The maximum atomic E-state index is 12.1. The lowest BCUT2D eigenvalue weighted by molar-refractivity contribution is -0.115. The van der Waals surface area contributed by atoms with Gasteiger partial charge in [-0.05, 0) is 37.3 Å². The number of carbonyl (C=O) groups excluding carboxylic acids is 1. The van der Waals surface area contributed by atoms with Crippen LogP contribution in [0.25, 0.3) is 0 Å². The molecule has 1 unspecified atom stereocenters. The van der Waals surface area contributed by atoms with Crippen LogP contribution in [0.15, 0.2) is 35.4 Å². The maximum Gasteiger partial charge on any atom is 0.160 e. The average Bonchev–Trinajstić information content (AvgIpc) is 2.86. The van der Waals surface area contributed by atoms with Gasteiger partial charge in [-0.15, -0.1) is 0 Å². The molecule has 0 fully saturated rings. The molecule has 17 heavy (non-hydrogen) atoms. The van der Waals surface area contributed by atoms with Gasteiger partial charge in [0.05, 0.1) is 0 Å². The first-order valence-corrected chi connectivity index (χ1v) is 6.44. The van der Waals surface area contributed by atoms with Crippen LogP contribution in [0.4, 0.5) is 0 Å². The van der Waals surface area contributed by atoms with Gasteiger partial charge in [-0.25, -0.2) is 0 Å². The van der Waals surface area contributed by atoms with Gasteiger partial charge >= 0.3 is 0 Å². The second kappa shape index (κ2) is 3.56. The summed E-state index contributed by atoms with van der Waals surface area (Å²) in [6.07, 6.45) is 3.97. The molecule has 1 atom stereocenters. The molecule has 0 N–H and O–H groups in total. The first-order valence-electron chi connectivity index (χ1n) is 6.44. The highest BCUT2D eigenvalue weighted by molar-refractivity contribution is 6.01. The van der Waals surface area contributed by atoms with Crippen molar-refractivity contribution in [1.29, 1.82) is 0 Å². The summed E-state index contributed by atoms with van der Waals surface area (Å²) in [6.45, 7) is 4.34. The van der Waals surface area contributed by atoms with Gasteiger partial charge in [-0.1, -0.05) is 42.3 Å². The molecule has 0 amide bonds. The lowest BCUT2D eigenvalue weighted by Crippen LogP contribution is -2.22. The smallest absolute Gasteiger partial charge is 0.160 e. The molecule has 88 valence electrons. The Bertz CT molecular complexity index is 507. The zero-order chi connectivity index (χ0) is 12.0. The highest BCUT2D eigenvalue weighted by atomic mass is 16.1. The number of aryl methyl sites for hydroxylation is 1. The normalized spacial score (nSPS) is 27.8. The molecule has 2 aliphatic carbocycles. The number of hydrogen-bond donors (Lipinski definition) is 0. The van der Waals surface area contributed by atoms with Crippen molar-refractivity contribution in [2.24, 2.45) is 0 Å². The van der Waals surface area contributed by atoms with Gasteiger partial charge in [0.1, 0.15) is 0 Å². The number of Topliss-reactive ketones (excluding diaryl/α,β-unsaturated/α-hetero) is 1. The highest BCUT2D eigenvalue weighted by Gasteiger charge is 2.44. The fourth-order valence-corrected chi connectivity index (χ4v) is 3.39. The van der Waals surface area contributed by atoms with Gasteiger partial charge in [0.15, 0.2) is 5.78 Å². The van der Waals surface area contributed by atoms with Crippen LogP contribution in [-0.4, -0.2) is 5.78 Å². The zero-order valence-electron chi connectivity index (χ0n) is 10.5. The van der Waals surface area contributed by atoms with Gasteiger partial charge < -0.3 is 0 Å². The summed E-state index contributed by atoms with van der Waals surface area (Å²) in [5.41, 5.74) is 5.14. The highest BCUT2D eigenvalue weighted by Crippen LogP contribution is 2.49. The largest absolute Gasteiger partial charge is 0.295 e. The van der Waals surface area contributed by atoms with Gasteiger partial charge in [0, 0.05) is 11.8 Å². The minimum absolute atomic E-state index is 0.0172. The van der Waals surface area contributed by atoms with Gasteiger partial charge in [-0.2, -0.15) is 0 Å². The summed E-state index contributed by atoms with van der Waals surface area (Å²) in [4.78, 5) is 12.1. The van der Waals surface area contributed by atoms with Crippen molar-refractivity contribution >= 4 is 5.78 Å². The predicted molar refractivity (Wildman–Crippen MR) is 69.0 cm³/mol. The van der Waals surface area contributed by atoms with E-state index in [1.807, 2.05) is 0 Å². The molecule has 3 rings (SSSR count). The third-order valence-electron chi connectivity index (χ3n) is 4.42. The van der Waals surface area contributed by atoms with Crippen molar-refractivity contribution < 1.29 is 4.79 Å². The van der Waals surface area contributed by atoms with Crippen LogP contribution in [0.3, 0.4) is 0 Å². The van der Waals surface area contributed by atoms with Gasteiger partial charge in [0.2, 0.25) is 0 Å². The predicted octanol–water partition coefficient (Wildman–Crippen LogP) is 3.71. The van der Waals surface area contributed by atoms with E-state index in [0.29, 0.717) is 12.2 Å². The Morgan fingerprint density at radius 3 is 2.53 bits per heavy atom. The van der Waals surface area contributed by atoms with Crippen LogP contribution in [-0.2, 0) is 10.2 Å². The topological polar surface area (TPSA) is 17.1 Å². The molecule has 0 bridgehead atoms. The molecule has 1 nitrogen and oxygen atoms in total. The average molecular weight is 226 g/mol. The van der Waals surface area contributed by atoms with E-state index in [1.165, 1.54) is 16.7 Å². The second-order valence-corrected chi connectivity index (χ2v) is 5.61. The fourth-order valence-electron chi connectivity index (χ4n) is 3.39. The molecule has 0 saturated heterocycles. The van der Waals surface area contributed by atoms with E-state index < -0.39 is 0 Å². The van der Waals surface area contributed by atoms with E-state index in [0.717, 1.165) is 24.8 Å². The number of allylic oxidation sites excluding steroid dienone is 2. The van der Waals surface area contributed by atoms with Crippen LogP contribution < -0.4 is 0 Å². The van der Waals surface area contributed by atoms with Gasteiger partial charge in [0.25, 0.3) is 0 Å². The summed E-state index contributed by atoms with van der Waals surface area (Å²) < 4.78 is 0. The van der Waals surface area contributed by atoms with Crippen LogP contribution in [0.1, 0.15) is 43.7 Å². The lowest BCUT2D eigenvalue weighted by atomic mass is 9.75. The summed E-state index contributed by atoms with van der Waals surface area (Å²) >= 11 is 0. The first kappa shape index (κ1) is 10.8. The zero-order valence-corrected chi connectivity index (χ0v) is 10.5. The van der Waals surface area contributed by atoms with E-state index >= 15 is 0 Å². The molecule has 0 saturated carbocycles. The van der Waals surface area contributed by atoms with Crippen molar-refractivity contribution in [2.45, 2.75) is 44.9 Å². The molecule has 2 aliphatic rings. The fraction of sp³-hybridized carbons (Fsp3) is 0.438. The minimum Gasteiger partial charge on any atom is -0.295 e. The minimum atomic E-state index is -0.0172. The standard InChI is InChI=1S/C16H18O/c1-11-6-8-12(9-7-11)16(2)10-15(17)13-4-3-5-14(13)16/h6-9H,3-5,10H2,1-2H3. The van der Waals surface area contributed by atoms with Crippen molar-refractivity contribution in [3.05, 3.63) is 46.5 Å². The number of benzene rings is 1. The Kier molecular flexibility index (Phi) is 2.25. The molecule has 0 aromatic heterocycles. The van der Waals surface area contributed by atoms with Gasteiger partial charge in [-0.3, -0.25) is 4.79 Å². The summed E-state index contributed by atoms with van der Waals surface area (Å²) in [7, 11) is 0. The van der Waals surface area contributed by atoms with Crippen LogP contribution in [0.5, 0.6) is 0 Å².